The summed E-state index contributed by atoms with van der Waals surface area (Å²) in [6, 6.07) is 0. The van der Waals surface area contributed by atoms with Gasteiger partial charge in [-0.25, -0.2) is 17.6 Å². The van der Waals surface area contributed by atoms with E-state index in [0.717, 1.165) is 0 Å². The summed E-state index contributed by atoms with van der Waals surface area (Å²) in [6.07, 6.45) is -4.58. The molecule has 0 radical (unpaired) electrons. The summed E-state index contributed by atoms with van der Waals surface area (Å²) in [6.45, 7) is 2.38. The highest BCUT2D eigenvalue weighted by molar-refractivity contribution is 5.57. The molecule has 72 valence electrons. The third-order valence-electron chi connectivity index (χ3n) is 1.33. The zero-order valence-corrected chi connectivity index (χ0v) is 6.78. The van der Waals surface area contributed by atoms with Gasteiger partial charge in [-0.3, -0.25) is 0 Å². The van der Waals surface area contributed by atoms with Crippen LogP contribution in [-0.2, 0) is 4.79 Å². The molecule has 0 aromatic heterocycles. The average molecular weight is 186 g/mol. The molecular formula is C7H10F4O. The van der Waals surface area contributed by atoms with Crippen molar-refractivity contribution in [3.63, 3.8) is 0 Å². The van der Waals surface area contributed by atoms with Crippen LogP contribution in [0, 0.1) is 5.41 Å². The lowest BCUT2D eigenvalue weighted by atomic mass is 9.88. The van der Waals surface area contributed by atoms with Crippen molar-refractivity contribution in [2.24, 2.45) is 5.41 Å². The Morgan fingerprint density at radius 1 is 1.33 bits per heavy atom. The molecular weight excluding hydrogens is 176 g/mol. The Morgan fingerprint density at radius 2 is 1.75 bits per heavy atom. The molecule has 0 fully saturated rings. The number of carbonyl (C=O) groups is 1. The van der Waals surface area contributed by atoms with Gasteiger partial charge < -0.3 is 4.79 Å². The summed E-state index contributed by atoms with van der Waals surface area (Å²) < 4.78 is 47.9. The molecule has 0 aliphatic carbocycles. The lowest BCUT2D eigenvalue weighted by molar-refractivity contribution is -0.153. The maximum absolute atomic E-state index is 12.3. The standard InChI is InChI=1S/C7H10F4O/c1-6(2,4-12)3-7(10,11)5(8)9/h4-5H,3H2,1-2H3. The Hall–Kier alpha value is -0.610. The average Bonchev–Trinajstić information content (AvgIpc) is 1.85. The third kappa shape index (κ3) is 3.19. The summed E-state index contributed by atoms with van der Waals surface area (Å²) in [5.41, 5.74) is -1.40. The first kappa shape index (κ1) is 11.4. The van der Waals surface area contributed by atoms with E-state index in [-0.39, 0.29) is 6.29 Å². The maximum Gasteiger partial charge on any atom is 0.308 e. The molecule has 1 nitrogen and oxygen atoms in total. The normalized spacial score (nSPS) is 13.6. The van der Waals surface area contributed by atoms with Crippen LogP contribution in [0.2, 0.25) is 0 Å². The van der Waals surface area contributed by atoms with Crippen molar-refractivity contribution < 1.29 is 22.4 Å². The zero-order valence-electron chi connectivity index (χ0n) is 6.78. The molecule has 0 saturated carbocycles. The predicted molar refractivity (Wildman–Crippen MR) is 35.4 cm³/mol. The second-order valence-electron chi connectivity index (χ2n) is 3.34. The molecule has 0 saturated heterocycles. The smallest absolute Gasteiger partial charge is 0.303 e. The van der Waals surface area contributed by atoms with Crippen LogP contribution in [0.25, 0.3) is 0 Å². The van der Waals surface area contributed by atoms with Crippen LogP contribution in [0.3, 0.4) is 0 Å². The van der Waals surface area contributed by atoms with Crippen LogP contribution in [0.1, 0.15) is 20.3 Å². The fraction of sp³-hybridized carbons (Fsp3) is 0.857. The van der Waals surface area contributed by atoms with Crippen molar-refractivity contribution in [3.05, 3.63) is 0 Å². The summed E-state index contributed by atoms with van der Waals surface area (Å²) in [7, 11) is 0. The Bertz CT molecular complexity index is 165. The quantitative estimate of drug-likeness (QED) is 0.487. The largest absolute Gasteiger partial charge is 0.308 e. The first-order chi connectivity index (χ1) is 5.21. The number of carbonyl (C=O) groups excluding carboxylic acids is 1. The molecule has 0 unspecified atom stereocenters. The minimum atomic E-state index is -4.08. The van der Waals surface area contributed by atoms with E-state index >= 15 is 0 Å². The highest BCUT2D eigenvalue weighted by Gasteiger charge is 2.45. The predicted octanol–water partition coefficient (Wildman–Crippen LogP) is 2.50. The molecule has 12 heavy (non-hydrogen) atoms. The van der Waals surface area contributed by atoms with Gasteiger partial charge in [-0.2, -0.15) is 0 Å². The Morgan fingerprint density at radius 3 is 2.00 bits per heavy atom. The van der Waals surface area contributed by atoms with Gasteiger partial charge in [0.1, 0.15) is 6.29 Å². The van der Waals surface area contributed by atoms with Crippen LogP contribution in [0.4, 0.5) is 17.6 Å². The summed E-state index contributed by atoms with van der Waals surface area (Å²) in [5, 5.41) is 0. The van der Waals surface area contributed by atoms with Crippen molar-refractivity contribution >= 4 is 6.29 Å². The number of rotatable bonds is 4. The fourth-order valence-electron chi connectivity index (χ4n) is 0.726. The van der Waals surface area contributed by atoms with Crippen molar-refractivity contribution in [2.45, 2.75) is 32.6 Å². The van der Waals surface area contributed by atoms with E-state index in [9.17, 15) is 22.4 Å². The molecule has 0 atom stereocenters. The topological polar surface area (TPSA) is 17.1 Å². The molecule has 0 bridgehead atoms. The van der Waals surface area contributed by atoms with Gasteiger partial charge in [0.15, 0.2) is 0 Å². The van der Waals surface area contributed by atoms with Crippen LogP contribution < -0.4 is 0 Å². The number of hydrogen-bond donors (Lipinski definition) is 0. The van der Waals surface area contributed by atoms with E-state index in [0.29, 0.717) is 0 Å². The first-order valence-corrected chi connectivity index (χ1v) is 3.33. The molecule has 0 aliphatic rings. The molecule has 0 heterocycles. The van der Waals surface area contributed by atoms with Crippen molar-refractivity contribution in [3.8, 4) is 0 Å². The van der Waals surface area contributed by atoms with E-state index < -0.39 is 24.2 Å². The monoisotopic (exact) mass is 186 g/mol. The number of alkyl halides is 4. The summed E-state index contributed by atoms with van der Waals surface area (Å²) in [5.74, 6) is -4.08. The van der Waals surface area contributed by atoms with E-state index in [2.05, 4.69) is 0 Å². The van der Waals surface area contributed by atoms with Crippen LogP contribution in [0.5, 0.6) is 0 Å². The van der Waals surface area contributed by atoms with Gasteiger partial charge in [0.05, 0.1) is 0 Å². The Balaban J connectivity index is 4.33. The Kier molecular flexibility index (Phi) is 3.24. The van der Waals surface area contributed by atoms with Gasteiger partial charge in [0.2, 0.25) is 0 Å². The van der Waals surface area contributed by atoms with E-state index in [1.807, 2.05) is 0 Å². The van der Waals surface area contributed by atoms with Gasteiger partial charge in [0, 0.05) is 11.8 Å². The minimum absolute atomic E-state index is 0.253. The number of hydrogen-bond acceptors (Lipinski definition) is 1. The SMILES string of the molecule is CC(C)(C=O)CC(F)(F)C(F)F. The van der Waals surface area contributed by atoms with Crippen LogP contribution in [-0.4, -0.2) is 18.6 Å². The van der Waals surface area contributed by atoms with E-state index in [4.69, 9.17) is 0 Å². The summed E-state index contributed by atoms with van der Waals surface area (Å²) in [4.78, 5) is 10.1. The van der Waals surface area contributed by atoms with Crippen molar-refractivity contribution in [2.75, 3.05) is 0 Å². The second-order valence-corrected chi connectivity index (χ2v) is 3.34. The van der Waals surface area contributed by atoms with Crippen molar-refractivity contribution in [1.82, 2.24) is 0 Å². The van der Waals surface area contributed by atoms with Crippen molar-refractivity contribution in [1.29, 1.82) is 0 Å². The Labute approximate surface area is 67.8 Å². The molecule has 0 aromatic carbocycles. The zero-order chi connectivity index (χ0) is 9.99. The fourth-order valence-corrected chi connectivity index (χ4v) is 0.726. The molecule has 0 N–H and O–H groups in total. The highest BCUT2D eigenvalue weighted by Crippen LogP contribution is 2.34. The van der Waals surface area contributed by atoms with Crippen LogP contribution >= 0.6 is 0 Å². The maximum atomic E-state index is 12.3. The summed E-state index contributed by atoms with van der Waals surface area (Å²) >= 11 is 0. The molecule has 0 spiro atoms. The molecule has 0 amide bonds. The van der Waals surface area contributed by atoms with Gasteiger partial charge in [0.25, 0.3) is 0 Å². The molecule has 0 rings (SSSR count). The lowest BCUT2D eigenvalue weighted by Gasteiger charge is -2.23. The molecule has 0 aromatic rings. The lowest BCUT2D eigenvalue weighted by Crippen LogP contribution is -2.33. The van der Waals surface area contributed by atoms with Crippen LogP contribution in [0.15, 0.2) is 0 Å². The number of aldehydes is 1. The van der Waals surface area contributed by atoms with Gasteiger partial charge >= 0.3 is 12.3 Å². The first-order valence-electron chi connectivity index (χ1n) is 3.33. The minimum Gasteiger partial charge on any atom is -0.303 e. The highest BCUT2D eigenvalue weighted by atomic mass is 19.3. The van der Waals surface area contributed by atoms with Gasteiger partial charge in [-0.05, 0) is 0 Å². The van der Waals surface area contributed by atoms with E-state index in [1.165, 1.54) is 13.8 Å². The third-order valence-corrected chi connectivity index (χ3v) is 1.33. The second kappa shape index (κ2) is 3.41. The molecule has 0 aliphatic heterocycles. The van der Waals surface area contributed by atoms with Gasteiger partial charge in [-0.15, -0.1) is 0 Å². The number of halogens is 4. The molecule has 5 heteroatoms. The van der Waals surface area contributed by atoms with Gasteiger partial charge in [-0.1, -0.05) is 13.8 Å². The van der Waals surface area contributed by atoms with E-state index in [1.54, 1.807) is 0 Å².